The summed E-state index contributed by atoms with van der Waals surface area (Å²) in [5, 5.41) is 0.735. The second kappa shape index (κ2) is 12.2. The Labute approximate surface area is 221 Å². The Kier molecular flexibility index (Phi) is 9.00. The van der Waals surface area contributed by atoms with Crippen LogP contribution in [0.25, 0.3) is 0 Å². The van der Waals surface area contributed by atoms with Gasteiger partial charge in [0.25, 0.3) is 0 Å². The van der Waals surface area contributed by atoms with Gasteiger partial charge in [-0.15, -0.1) is 0 Å². The van der Waals surface area contributed by atoms with Gasteiger partial charge >= 0.3 is 0 Å². The molecule has 36 heavy (non-hydrogen) atoms. The Morgan fingerprint density at radius 1 is 0.917 bits per heavy atom. The van der Waals surface area contributed by atoms with E-state index >= 15 is 0 Å². The molecule has 0 bridgehead atoms. The molecule has 0 spiro atoms. The minimum absolute atomic E-state index is 0.0951. The smallest absolute Gasteiger partial charge is 0.162 e. The number of likely N-dealkylation sites (tertiary alicyclic amines) is 1. The number of carbonyl (C=O) groups excluding carboxylic acids is 1. The van der Waals surface area contributed by atoms with E-state index in [9.17, 15) is 4.79 Å². The average Bonchev–Trinajstić information content (AvgIpc) is 2.89. The number of Topliss-reactive ketones (excluding diaryl/α,β-unsaturated/α-hetero) is 1. The van der Waals surface area contributed by atoms with Crippen LogP contribution < -0.4 is 0 Å². The van der Waals surface area contributed by atoms with Crippen molar-refractivity contribution in [1.82, 2.24) is 4.90 Å². The molecule has 3 aromatic carbocycles. The van der Waals surface area contributed by atoms with Crippen LogP contribution in [-0.4, -0.2) is 36.4 Å². The van der Waals surface area contributed by atoms with Gasteiger partial charge in [0, 0.05) is 30.1 Å². The molecular formula is C32H38ClNO2. The molecule has 1 atom stereocenters. The van der Waals surface area contributed by atoms with Crippen molar-refractivity contribution < 1.29 is 9.53 Å². The van der Waals surface area contributed by atoms with Crippen LogP contribution in [0.4, 0.5) is 0 Å². The van der Waals surface area contributed by atoms with Gasteiger partial charge in [0.05, 0.1) is 6.10 Å². The third-order valence-corrected chi connectivity index (χ3v) is 7.34. The number of halogens is 1. The quantitative estimate of drug-likeness (QED) is 0.278. The molecule has 1 heterocycles. The number of rotatable bonds is 9. The summed E-state index contributed by atoms with van der Waals surface area (Å²) < 4.78 is 6.66. The van der Waals surface area contributed by atoms with Crippen LogP contribution >= 0.6 is 11.6 Å². The third-order valence-electron chi connectivity index (χ3n) is 7.09. The maximum absolute atomic E-state index is 12.7. The monoisotopic (exact) mass is 503 g/mol. The van der Waals surface area contributed by atoms with Gasteiger partial charge in [0.15, 0.2) is 5.78 Å². The summed E-state index contributed by atoms with van der Waals surface area (Å²) in [7, 11) is 0. The van der Waals surface area contributed by atoms with Crippen LogP contribution in [0.3, 0.4) is 0 Å². The highest BCUT2D eigenvalue weighted by Gasteiger charge is 2.25. The Bertz CT molecular complexity index is 1100. The van der Waals surface area contributed by atoms with Crippen LogP contribution in [0, 0.1) is 0 Å². The normalized spacial score (nSPS) is 16.1. The third kappa shape index (κ3) is 7.29. The SMILES string of the molecule is CC(C)(C)c1ccc(C(=O)CCCN2CCC(OC(c3ccccc3)c3ccc(Cl)cc3)CC2)cc1. The van der Waals surface area contributed by atoms with E-state index in [0.717, 1.165) is 60.6 Å². The molecule has 1 aliphatic heterocycles. The second-order valence-corrected chi connectivity index (χ2v) is 11.3. The summed E-state index contributed by atoms with van der Waals surface area (Å²) in [6, 6.07) is 26.5. The molecule has 3 nitrogen and oxygen atoms in total. The molecule has 0 N–H and O–H groups in total. The molecule has 4 heteroatoms. The highest BCUT2D eigenvalue weighted by molar-refractivity contribution is 6.30. The van der Waals surface area contributed by atoms with Crippen LogP contribution in [0.1, 0.15) is 79.6 Å². The molecule has 1 saturated heterocycles. The fourth-order valence-electron chi connectivity index (χ4n) is 4.84. The molecule has 0 saturated carbocycles. The van der Waals surface area contributed by atoms with E-state index in [-0.39, 0.29) is 23.4 Å². The minimum Gasteiger partial charge on any atom is -0.365 e. The predicted molar refractivity (Wildman–Crippen MR) is 149 cm³/mol. The second-order valence-electron chi connectivity index (χ2n) is 10.9. The number of nitrogens with zero attached hydrogens (tertiary/aromatic N) is 1. The Balaban J connectivity index is 1.25. The van der Waals surface area contributed by atoms with Crippen LogP contribution in [0.5, 0.6) is 0 Å². The Morgan fingerprint density at radius 3 is 2.14 bits per heavy atom. The summed E-state index contributed by atoms with van der Waals surface area (Å²) in [5.41, 5.74) is 4.48. The van der Waals surface area contributed by atoms with Gasteiger partial charge in [0.1, 0.15) is 6.10 Å². The van der Waals surface area contributed by atoms with Crippen LogP contribution in [0.15, 0.2) is 78.9 Å². The van der Waals surface area contributed by atoms with Gasteiger partial charge in [-0.05, 0) is 60.0 Å². The topological polar surface area (TPSA) is 29.5 Å². The van der Waals surface area contributed by atoms with Gasteiger partial charge in [-0.25, -0.2) is 0 Å². The first kappa shape index (κ1) is 26.6. The Hall–Kier alpha value is -2.46. The van der Waals surface area contributed by atoms with Crippen LogP contribution in [-0.2, 0) is 10.2 Å². The lowest BCUT2D eigenvalue weighted by Gasteiger charge is -2.34. The standard InChI is InChI=1S/C32H38ClNO2/c1-32(2,3)27-15-11-24(12-16-27)30(35)10-7-21-34-22-19-29(20-23-34)36-31(25-8-5-4-6-9-25)26-13-17-28(33)18-14-26/h4-6,8-9,11-18,29,31H,7,10,19-23H2,1-3H3. The van der Waals surface area contributed by atoms with E-state index in [0.29, 0.717) is 6.42 Å². The van der Waals surface area contributed by atoms with Crippen molar-refractivity contribution in [3.63, 3.8) is 0 Å². The number of carbonyl (C=O) groups is 1. The van der Waals surface area contributed by atoms with E-state index in [1.807, 2.05) is 30.3 Å². The molecule has 0 aromatic heterocycles. The number of ether oxygens (including phenoxy) is 1. The maximum atomic E-state index is 12.7. The average molecular weight is 504 g/mol. The zero-order valence-electron chi connectivity index (χ0n) is 21.8. The lowest BCUT2D eigenvalue weighted by Crippen LogP contribution is -2.38. The van der Waals surface area contributed by atoms with Crippen molar-refractivity contribution in [2.45, 2.75) is 64.1 Å². The maximum Gasteiger partial charge on any atom is 0.162 e. The summed E-state index contributed by atoms with van der Waals surface area (Å²) in [6.45, 7) is 9.53. The highest BCUT2D eigenvalue weighted by atomic mass is 35.5. The molecule has 0 amide bonds. The zero-order valence-corrected chi connectivity index (χ0v) is 22.5. The number of piperidine rings is 1. The van der Waals surface area contributed by atoms with E-state index in [1.54, 1.807) is 0 Å². The number of benzene rings is 3. The van der Waals surface area contributed by atoms with Crippen molar-refractivity contribution in [1.29, 1.82) is 0 Å². The van der Waals surface area contributed by atoms with Gasteiger partial charge in [-0.1, -0.05) is 99.1 Å². The minimum atomic E-state index is -0.0951. The predicted octanol–water partition coefficient (Wildman–Crippen LogP) is 7.87. The fourth-order valence-corrected chi connectivity index (χ4v) is 4.97. The molecule has 0 radical (unpaired) electrons. The van der Waals surface area contributed by atoms with Crippen molar-refractivity contribution in [3.05, 3.63) is 106 Å². The van der Waals surface area contributed by atoms with E-state index in [2.05, 4.69) is 74.2 Å². The van der Waals surface area contributed by atoms with Crippen LogP contribution in [0.2, 0.25) is 5.02 Å². The molecule has 4 rings (SSSR count). The first-order valence-electron chi connectivity index (χ1n) is 13.1. The largest absolute Gasteiger partial charge is 0.365 e. The van der Waals surface area contributed by atoms with E-state index in [1.165, 1.54) is 5.56 Å². The summed E-state index contributed by atoms with van der Waals surface area (Å²) >= 11 is 6.12. The number of hydrogen-bond donors (Lipinski definition) is 0. The van der Waals surface area contributed by atoms with Gasteiger partial charge in [0.2, 0.25) is 0 Å². The molecule has 1 unspecified atom stereocenters. The molecule has 3 aromatic rings. The zero-order chi connectivity index (χ0) is 25.5. The number of hydrogen-bond acceptors (Lipinski definition) is 3. The first-order chi connectivity index (χ1) is 17.3. The highest BCUT2D eigenvalue weighted by Crippen LogP contribution is 2.31. The molecule has 1 aliphatic rings. The van der Waals surface area contributed by atoms with Gasteiger partial charge in [-0.3, -0.25) is 4.79 Å². The summed E-state index contributed by atoms with van der Waals surface area (Å²) in [6.07, 6.45) is 3.60. The molecular weight excluding hydrogens is 466 g/mol. The molecule has 0 aliphatic carbocycles. The lowest BCUT2D eigenvalue weighted by atomic mass is 9.86. The van der Waals surface area contributed by atoms with E-state index < -0.39 is 0 Å². The molecule has 1 fully saturated rings. The Morgan fingerprint density at radius 2 is 1.53 bits per heavy atom. The molecule has 190 valence electrons. The number of ketones is 1. The first-order valence-corrected chi connectivity index (χ1v) is 13.5. The van der Waals surface area contributed by atoms with Crippen molar-refractivity contribution >= 4 is 17.4 Å². The van der Waals surface area contributed by atoms with Crippen molar-refractivity contribution in [2.75, 3.05) is 19.6 Å². The van der Waals surface area contributed by atoms with E-state index in [4.69, 9.17) is 16.3 Å². The van der Waals surface area contributed by atoms with Gasteiger partial charge < -0.3 is 9.64 Å². The lowest BCUT2D eigenvalue weighted by molar-refractivity contribution is -0.0270. The fraction of sp³-hybridized carbons (Fsp3) is 0.406. The van der Waals surface area contributed by atoms with Crippen molar-refractivity contribution in [2.24, 2.45) is 0 Å². The van der Waals surface area contributed by atoms with Gasteiger partial charge in [-0.2, -0.15) is 0 Å². The summed E-state index contributed by atoms with van der Waals surface area (Å²) in [5.74, 6) is 0.238. The van der Waals surface area contributed by atoms with Crippen molar-refractivity contribution in [3.8, 4) is 0 Å². The summed E-state index contributed by atoms with van der Waals surface area (Å²) in [4.78, 5) is 15.1.